The Balaban J connectivity index is 1.98. The third-order valence-electron chi connectivity index (χ3n) is 11.7. The van der Waals surface area contributed by atoms with Crippen LogP contribution in [0.5, 0.6) is 5.75 Å². The van der Waals surface area contributed by atoms with E-state index in [4.69, 9.17) is 22.9 Å². The minimum atomic E-state index is -1.89. The number of carbonyl (C=O) groups is 12. The number of aliphatic hydroxyl groups is 1. The molecule has 0 unspecified atom stereocenters. The highest BCUT2D eigenvalue weighted by molar-refractivity contribution is 6.00. The molecule has 2 saturated heterocycles. The number of primary amides is 4. The monoisotopic (exact) mass is 1000 g/mol. The number of rotatable bonds is 12. The lowest BCUT2D eigenvalue weighted by atomic mass is 10.0. The summed E-state index contributed by atoms with van der Waals surface area (Å²) in [5, 5.41) is 36.7. The lowest BCUT2D eigenvalue weighted by Gasteiger charge is -2.28. The summed E-state index contributed by atoms with van der Waals surface area (Å²) in [4.78, 5) is 159. The first-order valence-corrected chi connectivity index (χ1v) is 23.6. The number of hydrogen-bond donors (Lipinski definition) is 13. The molecule has 0 bridgehead atoms. The van der Waals surface area contributed by atoms with Gasteiger partial charge < -0.3 is 75.3 Å². The molecule has 1 aromatic carbocycles. The first kappa shape index (κ1) is 57.9. The van der Waals surface area contributed by atoms with Crippen LogP contribution < -0.4 is 60.2 Å². The maximum atomic E-state index is 14.0. The number of fused-ring (bicyclic) bond motifs is 1. The molecular formula is C45H68N12O14. The number of nitrogens with zero attached hydrogens (tertiary/aromatic N) is 1. The zero-order valence-corrected chi connectivity index (χ0v) is 39.5. The van der Waals surface area contributed by atoms with Gasteiger partial charge in [0.25, 0.3) is 0 Å². The highest BCUT2D eigenvalue weighted by Gasteiger charge is 2.38. The largest absolute Gasteiger partial charge is 0.508 e. The van der Waals surface area contributed by atoms with Crippen molar-refractivity contribution in [2.45, 2.75) is 151 Å². The second kappa shape index (κ2) is 29.6. The van der Waals surface area contributed by atoms with Crippen LogP contribution in [0.2, 0.25) is 0 Å². The van der Waals surface area contributed by atoms with Crippen LogP contribution in [0.25, 0.3) is 0 Å². The summed E-state index contributed by atoms with van der Waals surface area (Å²) in [5.74, 6) is -11.8. The van der Waals surface area contributed by atoms with E-state index in [1.165, 1.54) is 29.2 Å². The van der Waals surface area contributed by atoms with Crippen LogP contribution >= 0.6 is 0 Å². The predicted molar refractivity (Wildman–Crippen MR) is 250 cm³/mol. The van der Waals surface area contributed by atoms with Crippen molar-refractivity contribution in [2.24, 2.45) is 22.9 Å². The van der Waals surface area contributed by atoms with Gasteiger partial charge in [-0.3, -0.25) is 57.5 Å². The maximum absolute atomic E-state index is 14.0. The van der Waals surface area contributed by atoms with Crippen molar-refractivity contribution in [1.82, 2.24) is 42.1 Å². The molecule has 26 heteroatoms. The molecule has 26 nitrogen and oxygen atoms in total. The summed E-state index contributed by atoms with van der Waals surface area (Å²) >= 11 is 0. The zero-order chi connectivity index (χ0) is 52.6. The van der Waals surface area contributed by atoms with Crippen LogP contribution in [0, 0.1) is 0 Å². The Hall–Kier alpha value is -7.38. The van der Waals surface area contributed by atoms with E-state index in [9.17, 15) is 67.7 Å². The Morgan fingerprint density at radius 2 is 0.958 bits per heavy atom. The average Bonchev–Trinajstić information content (AvgIpc) is 3.80. The van der Waals surface area contributed by atoms with E-state index in [1.54, 1.807) is 0 Å². The molecule has 0 aromatic heterocycles. The Morgan fingerprint density at radius 1 is 0.521 bits per heavy atom. The summed E-state index contributed by atoms with van der Waals surface area (Å²) < 4.78 is 0. The summed E-state index contributed by atoms with van der Waals surface area (Å²) in [6, 6.07) is -5.89. The van der Waals surface area contributed by atoms with Gasteiger partial charge in [0.15, 0.2) is 0 Å². The van der Waals surface area contributed by atoms with Crippen LogP contribution in [-0.4, -0.2) is 148 Å². The predicted octanol–water partition coefficient (Wildman–Crippen LogP) is -4.64. The number of hydrogen-bond acceptors (Lipinski definition) is 14. The van der Waals surface area contributed by atoms with Crippen LogP contribution in [0.1, 0.15) is 108 Å². The van der Waals surface area contributed by atoms with Crippen molar-refractivity contribution < 1.29 is 67.7 Å². The molecule has 3 rings (SSSR count). The van der Waals surface area contributed by atoms with Crippen molar-refractivity contribution in [3.63, 3.8) is 0 Å². The average molecular weight is 1000 g/mol. The van der Waals surface area contributed by atoms with Gasteiger partial charge in [0, 0.05) is 32.4 Å². The number of aliphatic hydroxyl groups excluding tert-OH is 1. The molecule has 392 valence electrons. The SMILES string of the molecule is NC(=O)CC[C@@H]1NC(=O)[C@H](CO)NC(=O)[C@H](CC(N)=O)NC(=O)[C@H]2CCCN2C(=O)CCCCCCCCCCNC(=O)[C@H](CC(N)=O)NC(=O)[C@@H](Cc2ccc(O)cc2)NC(=O)[C@H](CC(N)=O)NC1=O. The minimum Gasteiger partial charge on any atom is -0.508 e. The van der Waals surface area contributed by atoms with E-state index in [0.29, 0.717) is 24.8 Å². The molecule has 0 saturated carbocycles. The summed E-state index contributed by atoms with van der Waals surface area (Å²) in [7, 11) is 0. The molecular weight excluding hydrogens is 933 g/mol. The second-order valence-electron chi connectivity index (χ2n) is 17.6. The summed E-state index contributed by atoms with van der Waals surface area (Å²) in [6.45, 7) is -0.663. The molecule has 2 aliphatic rings. The molecule has 0 spiro atoms. The molecule has 2 aliphatic heterocycles. The van der Waals surface area contributed by atoms with Gasteiger partial charge in [0.1, 0.15) is 48.0 Å². The fourth-order valence-corrected chi connectivity index (χ4v) is 7.97. The lowest BCUT2D eigenvalue weighted by Crippen LogP contribution is -2.61. The third kappa shape index (κ3) is 20.6. The smallest absolute Gasteiger partial charge is 0.245 e. The van der Waals surface area contributed by atoms with Crippen molar-refractivity contribution in [2.75, 3.05) is 19.7 Å². The van der Waals surface area contributed by atoms with Gasteiger partial charge in [0.2, 0.25) is 70.9 Å². The van der Waals surface area contributed by atoms with Crippen molar-refractivity contribution in [3.8, 4) is 5.75 Å². The van der Waals surface area contributed by atoms with Gasteiger partial charge in [-0.15, -0.1) is 0 Å². The molecule has 2 heterocycles. The number of phenols is 1. The summed E-state index contributed by atoms with van der Waals surface area (Å²) in [6.07, 6.45) is 3.18. The van der Waals surface area contributed by atoms with Gasteiger partial charge in [-0.2, -0.15) is 0 Å². The molecule has 0 aliphatic carbocycles. The molecule has 2 fully saturated rings. The van der Waals surface area contributed by atoms with Gasteiger partial charge in [0.05, 0.1) is 25.9 Å². The molecule has 0 radical (unpaired) electrons. The van der Waals surface area contributed by atoms with Crippen molar-refractivity contribution in [1.29, 1.82) is 0 Å². The lowest BCUT2D eigenvalue weighted by molar-refractivity contribution is -0.140. The normalized spacial score (nSPS) is 24.9. The quantitative estimate of drug-likeness (QED) is 0.0937. The Bertz CT molecular complexity index is 2090. The zero-order valence-electron chi connectivity index (χ0n) is 39.5. The number of nitrogens with one attached hydrogen (secondary N) is 7. The fourth-order valence-electron chi connectivity index (χ4n) is 7.97. The highest BCUT2D eigenvalue weighted by Crippen LogP contribution is 2.21. The molecule has 7 atom stereocenters. The van der Waals surface area contributed by atoms with Crippen LogP contribution in [0.3, 0.4) is 0 Å². The first-order valence-electron chi connectivity index (χ1n) is 23.6. The molecule has 17 N–H and O–H groups in total. The van der Waals surface area contributed by atoms with Gasteiger partial charge in [-0.25, -0.2) is 0 Å². The third-order valence-corrected chi connectivity index (χ3v) is 11.7. The standard InChI is InChI=1S/C45H68N12O14/c46-34(60)17-16-27-40(66)54-30(22-36(48)62)42(68)52-28(20-25-12-14-26(59)15-13-25)41(67)53-29(21-35(47)61)39(65)50-18-8-6-4-2-1-3-5-7-11-38(64)57-19-9-10-33(57)45(71)55-31(23-37(49)63)43(69)56-32(24-58)44(70)51-27/h12-15,27-33,58-59H,1-11,16-24H2,(H2,46,60)(H2,47,61)(H2,48,62)(H2,49,63)(H,50,65)(H,51,70)(H,52,68)(H,53,67)(H,54,66)(H,55,71)(H,56,69)/t27-,28+,29-,30-,31-,32-,33+/m0/s1. The van der Waals surface area contributed by atoms with E-state index in [-0.39, 0.29) is 44.0 Å². The number of nitrogens with two attached hydrogens (primary N) is 4. The Labute approximate surface area is 409 Å². The molecule has 71 heavy (non-hydrogen) atoms. The second-order valence-corrected chi connectivity index (χ2v) is 17.6. The van der Waals surface area contributed by atoms with Crippen molar-refractivity contribution in [3.05, 3.63) is 29.8 Å². The van der Waals surface area contributed by atoms with Gasteiger partial charge in [-0.05, 0) is 49.8 Å². The fraction of sp³-hybridized carbons (Fsp3) is 0.600. The van der Waals surface area contributed by atoms with Crippen molar-refractivity contribution >= 4 is 70.9 Å². The number of phenolic OH excluding ortho intramolecular Hbond substituents is 1. The van der Waals surface area contributed by atoms with Crippen LogP contribution in [0.15, 0.2) is 24.3 Å². The van der Waals surface area contributed by atoms with E-state index in [0.717, 1.165) is 38.5 Å². The molecule has 1 aromatic rings. The maximum Gasteiger partial charge on any atom is 0.245 e. The van der Waals surface area contributed by atoms with E-state index < -0.39 is 146 Å². The Kier molecular flexibility index (Phi) is 24.2. The first-order chi connectivity index (χ1) is 33.7. The van der Waals surface area contributed by atoms with E-state index in [1.807, 2.05) is 0 Å². The number of benzene rings is 1. The number of amides is 12. The van der Waals surface area contributed by atoms with E-state index >= 15 is 0 Å². The van der Waals surface area contributed by atoms with Crippen LogP contribution in [0.4, 0.5) is 0 Å². The van der Waals surface area contributed by atoms with Gasteiger partial charge in [-0.1, -0.05) is 50.7 Å². The van der Waals surface area contributed by atoms with Crippen LogP contribution in [-0.2, 0) is 64.0 Å². The molecule has 12 amide bonds. The number of carbonyl (C=O) groups excluding carboxylic acids is 12. The van der Waals surface area contributed by atoms with Gasteiger partial charge >= 0.3 is 0 Å². The Morgan fingerprint density at radius 3 is 1.49 bits per heavy atom. The number of aromatic hydroxyl groups is 1. The van der Waals surface area contributed by atoms with E-state index in [2.05, 4.69) is 37.2 Å². The summed E-state index contributed by atoms with van der Waals surface area (Å²) in [5.41, 5.74) is 21.9. The minimum absolute atomic E-state index is 0.132. The topological polar surface area (TPSA) is 437 Å². The highest BCUT2D eigenvalue weighted by atomic mass is 16.3.